The number of likely N-dealkylation sites (tertiary alicyclic amines) is 2. The quantitative estimate of drug-likeness (QED) is 0.677. The normalized spacial score (nSPS) is 26.9. The Kier molecular flexibility index (Phi) is 5.62. The Balaban J connectivity index is 1.12. The topological polar surface area (TPSA) is 68.7 Å². The Bertz CT molecular complexity index is 845. The summed E-state index contributed by atoms with van der Waals surface area (Å²) in [4.78, 5) is 21.8. The lowest BCUT2D eigenvalue weighted by Crippen LogP contribution is -2.71. The smallest absolute Gasteiger partial charge is 0.305 e. The fraction of sp³-hybridized carbons (Fsp3) is 0.565. The Morgan fingerprint density at radius 3 is 2.67 bits per heavy atom. The molecule has 1 saturated carbocycles. The van der Waals surface area contributed by atoms with Crippen molar-refractivity contribution in [3.8, 4) is 0 Å². The average Bonchev–Trinajstić information content (AvgIpc) is 3.29. The zero-order valence-corrected chi connectivity index (χ0v) is 18.1. The number of piperidine rings is 1. The van der Waals surface area contributed by atoms with E-state index in [1.165, 1.54) is 16.9 Å². The van der Waals surface area contributed by atoms with Crippen LogP contribution in [-0.4, -0.2) is 69.7 Å². The SMILES string of the molecule is O=C(O)CC1(N2CCC(N[C@@H]3C[C@@H]3c3ccccc3)CC2)CN(Cc2cncs2)C1. The minimum atomic E-state index is -0.684. The van der Waals surface area contributed by atoms with Gasteiger partial charge in [0.2, 0.25) is 0 Å². The number of carboxylic acids is 1. The van der Waals surface area contributed by atoms with Crippen LogP contribution in [0.15, 0.2) is 42.0 Å². The summed E-state index contributed by atoms with van der Waals surface area (Å²) in [6.45, 7) is 4.54. The van der Waals surface area contributed by atoms with Crippen molar-refractivity contribution >= 4 is 17.3 Å². The molecule has 3 aliphatic rings. The number of carboxylic acid groups (broad SMARTS) is 1. The molecule has 3 heterocycles. The van der Waals surface area contributed by atoms with Crippen molar-refractivity contribution in [2.45, 2.75) is 55.8 Å². The monoisotopic (exact) mass is 426 g/mol. The van der Waals surface area contributed by atoms with E-state index >= 15 is 0 Å². The zero-order chi connectivity index (χ0) is 20.6. The molecule has 1 aromatic heterocycles. The summed E-state index contributed by atoms with van der Waals surface area (Å²) in [6, 6.07) is 12.0. The summed E-state index contributed by atoms with van der Waals surface area (Å²) in [7, 11) is 0. The number of rotatable bonds is 8. The second-order valence-corrected chi connectivity index (χ2v) is 10.2. The molecule has 2 saturated heterocycles. The highest BCUT2D eigenvalue weighted by atomic mass is 32.1. The van der Waals surface area contributed by atoms with E-state index in [0.717, 1.165) is 45.6 Å². The van der Waals surface area contributed by atoms with Crippen molar-refractivity contribution in [3.05, 3.63) is 52.5 Å². The predicted octanol–water partition coefficient (Wildman–Crippen LogP) is 2.78. The number of nitrogens with one attached hydrogen (secondary N) is 1. The van der Waals surface area contributed by atoms with Crippen molar-refractivity contribution in [3.63, 3.8) is 0 Å². The maximum Gasteiger partial charge on any atom is 0.305 e. The van der Waals surface area contributed by atoms with E-state index < -0.39 is 5.97 Å². The summed E-state index contributed by atoms with van der Waals surface area (Å²) in [5.74, 6) is -0.0223. The molecule has 0 spiro atoms. The number of hydrogen-bond donors (Lipinski definition) is 2. The van der Waals surface area contributed by atoms with Crippen LogP contribution in [0.3, 0.4) is 0 Å². The first-order chi connectivity index (χ1) is 14.6. The van der Waals surface area contributed by atoms with E-state index in [-0.39, 0.29) is 12.0 Å². The largest absolute Gasteiger partial charge is 0.481 e. The zero-order valence-electron chi connectivity index (χ0n) is 17.2. The Morgan fingerprint density at radius 1 is 1.23 bits per heavy atom. The van der Waals surface area contributed by atoms with Gasteiger partial charge >= 0.3 is 5.97 Å². The van der Waals surface area contributed by atoms with Crippen LogP contribution in [0, 0.1) is 0 Å². The molecular weight excluding hydrogens is 396 g/mol. The minimum absolute atomic E-state index is 0.201. The van der Waals surface area contributed by atoms with Crippen LogP contribution in [0.2, 0.25) is 0 Å². The van der Waals surface area contributed by atoms with Gasteiger partial charge in [-0.2, -0.15) is 0 Å². The fourth-order valence-corrected chi connectivity index (χ4v) is 6.05. The first kappa shape index (κ1) is 20.1. The molecule has 2 aromatic rings. The maximum absolute atomic E-state index is 11.6. The van der Waals surface area contributed by atoms with Gasteiger partial charge in [0.25, 0.3) is 0 Å². The summed E-state index contributed by atoms with van der Waals surface area (Å²) >= 11 is 1.67. The molecule has 0 bridgehead atoms. The highest BCUT2D eigenvalue weighted by molar-refractivity contribution is 7.09. The number of carbonyl (C=O) groups is 1. The summed E-state index contributed by atoms with van der Waals surface area (Å²) < 4.78 is 0. The van der Waals surface area contributed by atoms with Gasteiger partial charge in [0.15, 0.2) is 0 Å². The highest BCUT2D eigenvalue weighted by Crippen LogP contribution is 2.42. The van der Waals surface area contributed by atoms with Gasteiger partial charge in [-0.1, -0.05) is 30.3 Å². The number of thiazole rings is 1. The van der Waals surface area contributed by atoms with Gasteiger partial charge in [0.1, 0.15) is 0 Å². The first-order valence-corrected chi connectivity index (χ1v) is 11.9. The summed E-state index contributed by atoms with van der Waals surface area (Å²) in [5, 5.41) is 13.4. The predicted molar refractivity (Wildman–Crippen MR) is 118 cm³/mol. The standard InChI is InChI=1S/C23H30N4O2S/c28-22(29)11-23(14-26(15-23)13-19-12-24-16-30-19)27-8-6-18(7-9-27)25-21-10-20(21)17-4-2-1-3-5-17/h1-5,12,16,18,20-21,25H,6-11,13-15H2,(H,28,29)/t20-,21-/m1/s1. The maximum atomic E-state index is 11.6. The summed E-state index contributed by atoms with van der Waals surface area (Å²) in [6.07, 6.45) is 5.60. The van der Waals surface area contributed by atoms with Crippen LogP contribution in [0.4, 0.5) is 0 Å². The number of hydrogen-bond acceptors (Lipinski definition) is 6. The molecule has 5 rings (SSSR count). The van der Waals surface area contributed by atoms with Crippen LogP contribution in [-0.2, 0) is 11.3 Å². The molecule has 0 amide bonds. The summed E-state index contributed by atoms with van der Waals surface area (Å²) in [5.41, 5.74) is 3.11. The third kappa shape index (κ3) is 4.30. The lowest BCUT2D eigenvalue weighted by molar-refractivity contribution is -0.147. The van der Waals surface area contributed by atoms with Crippen LogP contribution in [0.1, 0.15) is 42.0 Å². The first-order valence-electron chi connectivity index (χ1n) is 11.0. The van der Waals surface area contributed by atoms with Gasteiger partial charge in [0.05, 0.1) is 17.5 Å². The number of aromatic nitrogens is 1. The third-order valence-electron chi connectivity index (χ3n) is 7.01. The molecule has 2 N–H and O–H groups in total. The lowest BCUT2D eigenvalue weighted by Gasteiger charge is -2.57. The molecule has 0 radical (unpaired) electrons. The molecular formula is C23H30N4O2S. The molecule has 6 nitrogen and oxygen atoms in total. The number of benzene rings is 1. The van der Waals surface area contributed by atoms with Gasteiger partial charge in [0, 0.05) is 61.8 Å². The van der Waals surface area contributed by atoms with Crippen molar-refractivity contribution < 1.29 is 9.90 Å². The molecule has 7 heteroatoms. The van der Waals surface area contributed by atoms with Gasteiger partial charge < -0.3 is 10.4 Å². The molecule has 2 atom stereocenters. The molecule has 30 heavy (non-hydrogen) atoms. The Hall–Kier alpha value is -1.80. The van der Waals surface area contributed by atoms with Crippen LogP contribution in [0.25, 0.3) is 0 Å². The van der Waals surface area contributed by atoms with Gasteiger partial charge in [-0.05, 0) is 24.8 Å². The Morgan fingerprint density at radius 2 is 2.00 bits per heavy atom. The molecule has 1 aliphatic carbocycles. The molecule has 3 fully saturated rings. The molecule has 160 valence electrons. The van der Waals surface area contributed by atoms with E-state index in [0.29, 0.717) is 18.0 Å². The van der Waals surface area contributed by atoms with E-state index in [2.05, 4.69) is 50.4 Å². The lowest BCUT2D eigenvalue weighted by atomic mass is 9.82. The fourth-order valence-electron chi connectivity index (χ4n) is 5.41. The molecule has 0 unspecified atom stereocenters. The second kappa shape index (κ2) is 8.38. The van der Waals surface area contributed by atoms with Crippen LogP contribution < -0.4 is 5.32 Å². The van der Waals surface area contributed by atoms with E-state index in [1.807, 2.05) is 11.7 Å². The van der Waals surface area contributed by atoms with E-state index in [1.54, 1.807) is 11.3 Å². The minimum Gasteiger partial charge on any atom is -0.481 e. The third-order valence-corrected chi connectivity index (χ3v) is 7.78. The van der Waals surface area contributed by atoms with Crippen molar-refractivity contribution in [1.82, 2.24) is 20.1 Å². The van der Waals surface area contributed by atoms with E-state index in [4.69, 9.17) is 0 Å². The molecule has 1 aromatic carbocycles. The number of aliphatic carboxylic acids is 1. The molecule has 2 aliphatic heterocycles. The van der Waals surface area contributed by atoms with Crippen molar-refractivity contribution in [1.29, 1.82) is 0 Å². The Labute approximate surface area is 181 Å². The van der Waals surface area contributed by atoms with Crippen molar-refractivity contribution in [2.24, 2.45) is 0 Å². The van der Waals surface area contributed by atoms with Gasteiger partial charge in [-0.3, -0.25) is 19.6 Å². The van der Waals surface area contributed by atoms with Crippen LogP contribution in [0.5, 0.6) is 0 Å². The highest BCUT2D eigenvalue weighted by Gasteiger charge is 2.50. The van der Waals surface area contributed by atoms with Crippen LogP contribution >= 0.6 is 11.3 Å². The van der Waals surface area contributed by atoms with E-state index in [9.17, 15) is 9.90 Å². The van der Waals surface area contributed by atoms with Crippen molar-refractivity contribution in [2.75, 3.05) is 26.2 Å². The van der Waals surface area contributed by atoms with Gasteiger partial charge in [-0.15, -0.1) is 11.3 Å². The van der Waals surface area contributed by atoms with Gasteiger partial charge in [-0.25, -0.2) is 0 Å². The second-order valence-electron chi connectivity index (χ2n) is 9.20. The average molecular weight is 427 g/mol. The number of nitrogens with zero attached hydrogens (tertiary/aromatic N) is 3.